The number of benzene rings is 2. The van der Waals surface area contributed by atoms with Gasteiger partial charge in [0, 0.05) is 12.8 Å². The van der Waals surface area contributed by atoms with Crippen molar-refractivity contribution in [3.8, 4) is 5.75 Å². The molecule has 2 rings (SSSR count). The van der Waals surface area contributed by atoms with Gasteiger partial charge in [0.25, 0.3) is 5.91 Å². The Kier molecular flexibility index (Phi) is 5.98. The van der Waals surface area contributed by atoms with E-state index in [1.54, 1.807) is 7.11 Å². The fourth-order valence-electron chi connectivity index (χ4n) is 2.07. The predicted molar refractivity (Wildman–Crippen MR) is 87.1 cm³/mol. The molecule has 0 saturated heterocycles. The van der Waals surface area contributed by atoms with Gasteiger partial charge in [0.1, 0.15) is 5.75 Å². The minimum absolute atomic E-state index is 0.0139. The quantitative estimate of drug-likeness (QED) is 0.852. The van der Waals surface area contributed by atoms with Crippen molar-refractivity contribution in [1.82, 2.24) is 0 Å². The summed E-state index contributed by atoms with van der Waals surface area (Å²) in [7, 11) is 1.64. The summed E-state index contributed by atoms with van der Waals surface area (Å²) in [5, 5.41) is 2.81. The molecule has 0 heterocycles. The summed E-state index contributed by atoms with van der Waals surface area (Å²) in [5.41, 5.74) is 2.99. The van der Waals surface area contributed by atoms with Gasteiger partial charge in [-0.3, -0.25) is 4.79 Å². The van der Waals surface area contributed by atoms with E-state index in [4.69, 9.17) is 9.47 Å². The normalized spacial score (nSPS) is 10.3. The second-order valence-electron chi connectivity index (χ2n) is 4.97. The van der Waals surface area contributed by atoms with E-state index >= 15 is 0 Å². The zero-order valence-corrected chi connectivity index (χ0v) is 13.0. The highest BCUT2D eigenvalue weighted by Gasteiger charge is 2.04. The SMILES string of the molecule is CCc1ccc(OCC(=O)Nc2cccc(COC)c2)cc1. The Morgan fingerprint density at radius 3 is 2.55 bits per heavy atom. The van der Waals surface area contributed by atoms with E-state index < -0.39 is 0 Å². The number of rotatable bonds is 7. The lowest BCUT2D eigenvalue weighted by Gasteiger charge is -2.09. The van der Waals surface area contributed by atoms with Crippen LogP contribution in [0.5, 0.6) is 5.75 Å². The Labute approximate surface area is 131 Å². The summed E-state index contributed by atoms with van der Waals surface area (Å²) in [6, 6.07) is 15.3. The molecular formula is C18H21NO3. The number of hydrogen-bond donors (Lipinski definition) is 1. The fourth-order valence-corrected chi connectivity index (χ4v) is 2.07. The summed E-state index contributed by atoms with van der Waals surface area (Å²) >= 11 is 0. The first-order chi connectivity index (χ1) is 10.7. The van der Waals surface area contributed by atoms with E-state index in [0.29, 0.717) is 12.4 Å². The standard InChI is InChI=1S/C18H21NO3/c1-3-14-7-9-17(10-8-14)22-13-18(20)19-16-6-4-5-15(11-16)12-21-2/h4-11H,3,12-13H2,1-2H3,(H,19,20). The van der Waals surface area contributed by atoms with Gasteiger partial charge < -0.3 is 14.8 Å². The van der Waals surface area contributed by atoms with Gasteiger partial charge in [0.15, 0.2) is 6.61 Å². The van der Waals surface area contributed by atoms with Crippen LogP contribution in [0.1, 0.15) is 18.1 Å². The molecule has 0 spiro atoms. The third-order valence-electron chi connectivity index (χ3n) is 3.22. The summed E-state index contributed by atoms with van der Waals surface area (Å²) in [6.07, 6.45) is 0.985. The molecule has 0 aliphatic heterocycles. The van der Waals surface area contributed by atoms with E-state index in [-0.39, 0.29) is 12.5 Å². The largest absolute Gasteiger partial charge is 0.484 e. The summed E-state index contributed by atoms with van der Waals surface area (Å²) in [5.74, 6) is 0.509. The summed E-state index contributed by atoms with van der Waals surface area (Å²) < 4.78 is 10.6. The van der Waals surface area contributed by atoms with E-state index in [0.717, 1.165) is 17.7 Å². The molecule has 0 aliphatic carbocycles. The third-order valence-corrected chi connectivity index (χ3v) is 3.22. The Hall–Kier alpha value is -2.33. The van der Waals surface area contributed by atoms with Gasteiger partial charge in [0.05, 0.1) is 6.61 Å². The van der Waals surface area contributed by atoms with Crippen LogP contribution in [-0.4, -0.2) is 19.6 Å². The first kappa shape index (κ1) is 16.0. The van der Waals surface area contributed by atoms with Crippen LogP contribution in [0.3, 0.4) is 0 Å². The Balaban J connectivity index is 1.85. The third kappa shape index (κ3) is 4.90. The second-order valence-corrected chi connectivity index (χ2v) is 4.97. The maximum Gasteiger partial charge on any atom is 0.262 e. The highest BCUT2D eigenvalue weighted by atomic mass is 16.5. The molecule has 0 bridgehead atoms. The van der Waals surface area contributed by atoms with Crippen LogP contribution in [0.4, 0.5) is 5.69 Å². The maximum atomic E-state index is 11.9. The van der Waals surface area contributed by atoms with E-state index in [9.17, 15) is 4.79 Å². The summed E-state index contributed by atoms with van der Waals surface area (Å²) in [4.78, 5) is 11.9. The van der Waals surface area contributed by atoms with Crippen LogP contribution >= 0.6 is 0 Å². The molecule has 116 valence electrons. The van der Waals surface area contributed by atoms with Crippen LogP contribution in [0.25, 0.3) is 0 Å². The second kappa shape index (κ2) is 8.20. The molecule has 0 radical (unpaired) electrons. The van der Waals surface area contributed by atoms with Crippen molar-refractivity contribution in [2.45, 2.75) is 20.0 Å². The fraction of sp³-hybridized carbons (Fsp3) is 0.278. The molecule has 4 heteroatoms. The number of aryl methyl sites for hydroxylation is 1. The maximum absolute atomic E-state index is 11.9. The number of carbonyl (C=O) groups is 1. The first-order valence-electron chi connectivity index (χ1n) is 7.30. The van der Waals surface area contributed by atoms with Crippen molar-refractivity contribution in [2.75, 3.05) is 19.0 Å². The number of methoxy groups -OCH3 is 1. The van der Waals surface area contributed by atoms with Crippen molar-refractivity contribution in [1.29, 1.82) is 0 Å². The molecule has 0 unspecified atom stereocenters. The molecule has 22 heavy (non-hydrogen) atoms. The predicted octanol–water partition coefficient (Wildman–Crippen LogP) is 3.41. The van der Waals surface area contributed by atoms with Gasteiger partial charge >= 0.3 is 0 Å². The number of amides is 1. The van der Waals surface area contributed by atoms with Gasteiger partial charge in [-0.2, -0.15) is 0 Å². The number of anilines is 1. The zero-order chi connectivity index (χ0) is 15.8. The lowest BCUT2D eigenvalue weighted by Crippen LogP contribution is -2.20. The molecule has 0 atom stereocenters. The molecule has 0 aromatic heterocycles. The molecule has 4 nitrogen and oxygen atoms in total. The highest BCUT2D eigenvalue weighted by molar-refractivity contribution is 5.91. The topological polar surface area (TPSA) is 47.6 Å². The van der Waals surface area contributed by atoms with Gasteiger partial charge in [0.2, 0.25) is 0 Å². The minimum Gasteiger partial charge on any atom is -0.484 e. The van der Waals surface area contributed by atoms with Crippen LogP contribution in [0, 0.1) is 0 Å². The van der Waals surface area contributed by atoms with Gasteiger partial charge in [-0.1, -0.05) is 31.2 Å². The number of ether oxygens (including phenoxy) is 2. The molecule has 1 amide bonds. The lowest BCUT2D eigenvalue weighted by molar-refractivity contribution is -0.118. The lowest BCUT2D eigenvalue weighted by atomic mass is 10.2. The van der Waals surface area contributed by atoms with E-state index in [2.05, 4.69) is 12.2 Å². The minimum atomic E-state index is -0.186. The average molecular weight is 299 g/mol. The Morgan fingerprint density at radius 2 is 1.86 bits per heavy atom. The van der Waals surface area contributed by atoms with Gasteiger partial charge in [-0.25, -0.2) is 0 Å². The number of nitrogens with one attached hydrogen (secondary N) is 1. The van der Waals surface area contributed by atoms with E-state index in [1.807, 2.05) is 48.5 Å². The Morgan fingerprint density at radius 1 is 1.09 bits per heavy atom. The first-order valence-corrected chi connectivity index (χ1v) is 7.30. The molecule has 1 N–H and O–H groups in total. The van der Waals surface area contributed by atoms with Crippen molar-refractivity contribution in [3.05, 3.63) is 59.7 Å². The van der Waals surface area contributed by atoms with Crippen LogP contribution in [0.2, 0.25) is 0 Å². The monoisotopic (exact) mass is 299 g/mol. The van der Waals surface area contributed by atoms with Crippen molar-refractivity contribution in [2.24, 2.45) is 0 Å². The van der Waals surface area contributed by atoms with Crippen molar-refractivity contribution in [3.63, 3.8) is 0 Å². The highest BCUT2D eigenvalue weighted by Crippen LogP contribution is 2.14. The van der Waals surface area contributed by atoms with E-state index in [1.165, 1.54) is 5.56 Å². The smallest absolute Gasteiger partial charge is 0.262 e. The molecule has 2 aromatic rings. The summed E-state index contributed by atoms with van der Waals surface area (Å²) in [6.45, 7) is 2.60. The molecule has 0 aliphatic rings. The molecule has 0 fully saturated rings. The van der Waals surface area contributed by atoms with Crippen LogP contribution in [0.15, 0.2) is 48.5 Å². The van der Waals surface area contributed by atoms with Crippen LogP contribution < -0.4 is 10.1 Å². The number of hydrogen-bond acceptors (Lipinski definition) is 3. The number of carbonyl (C=O) groups excluding carboxylic acids is 1. The Bertz CT molecular complexity index is 608. The van der Waals surface area contributed by atoms with Gasteiger partial charge in [-0.15, -0.1) is 0 Å². The molecule has 2 aromatic carbocycles. The van der Waals surface area contributed by atoms with Crippen LogP contribution in [-0.2, 0) is 22.6 Å². The van der Waals surface area contributed by atoms with Crippen molar-refractivity contribution >= 4 is 11.6 Å². The molecular weight excluding hydrogens is 278 g/mol. The van der Waals surface area contributed by atoms with Gasteiger partial charge in [-0.05, 0) is 41.8 Å². The molecule has 0 saturated carbocycles. The zero-order valence-electron chi connectivity index (χ0n) is 13.0. The van der Waals surface area contributed by atoms with Crippen molar-refractivity contribution < 1.29 is 14.3 Å². The average Bonchev–Trinajstić information content (AvgIpc) is 2.54.